The second-order valence-electron chi connectivity index (χ2n) is 9.66. The first-order valence-electron chi connectivity index (χ1n) is 12.6. The summed E-state index contributed by atoms with van der Waals surface area (Å²) in [5, 5.41) is 10.8. The number of anilines is 1. The highest BCUT2D eigenvalue weighted by Crippen LogP contribution is 2.39. The maximum Gasteiger partial charge on any atom is 0.282 e. The molecule has 1 aliphatic rings. The number of pyridine rings is 1. The average molecular weight is 570 g/mol. The zero-order chi connectivity index (χ0) is 28.4. The summed E-state index contributed by atoms with van der Waals surface area (Å²) in [6.45, 7) is 1.68. The molecule has 0 bridgehead atoms. The first kappa shape index (κ1) is 27.8. The van der Waals surface area contributed by atoms with Gasteiger partial charge in [-0.3, -0.25) is 14.9 Å². The van der Waals surface area contributed by atoms with Crippen molar-refractivity contribution in [1.82, 2.24) is 9.88 Å². The zero-order valence-electron chi connectivity index (χ0n) is 21.1. The Morgan fingerprint density at radius 3 is 2.17 bits per heavy atom. The minimum atomic E-state index is -1.66. The van der Waals surface area contributed by atoms with Crippen LogP contribution in [0, 0.1) is 23.3 Å². The van der Waals surface area contributed by atoms with E-state index >= 15 is 4.39 Å². The van der Waals surface area contributed by atoms with Crippen LogP contribution in [-0.4, -0.2) is 34.1 Å². The van der Waals surface area contributed by atoms with E-state index in [1.165, 1.54) is 30.5 Å². The van der Waals surface area contributed by atoms with Gasteiger partial charge in [-0.2, -0.15) is 5.06 Å². The number of hydrogen-bond acceptors (Lipinski definition) is 4. The van der Waals surface area contributed by atoms with Crippen LogP contribution in [0.15, 0.2) is 72.9 Å². The molecular weight excluding hydrogens is 546 g/mol. The van der Waals surface area contributed by atoms with E-state index in [9.17, 15) is 23.2 Å². The van der Waals surface area contributed by atoms with Crippen molar-refractivity contribution in [1.29, 1.82) is 0 Å². The third-order valence-corrected chi connectivity index (χ3v) is 7.31. The van der Waals surface area contributed by atoms with Gasteiger partial charge in [0.25, 0.3) is 5.91 Å². The first-order chi connectivity index (χ1) is 19.2. The molecule has 0 unspecified atom stereocenters. The van der Waals surface area contributed by atoms with Gasteiger partial charge >= 0.3 is 0 Å². The molecule has 1 saturated heterocycles. The average Bonchev–Trinajstić information content (AvgIpc) is 2.96. The Labute approximate surface area is 233 Å². The van der Waals surface area contributed by atoms with Crippen molar-refractivity contribution in [2.24, 2.45) is 0 Å². The smallest absolute Gasteiger partial charge is 0.282 e. The highest BCUT2D eigenvalue weighted by Gasteiger charge is 2.32. The van der Waals surface area contributed by atoms with Crippen molar-refractivity contribution in [3.8, 4) is 11.1 Å². The summed E-state index contributed by atoms with van der Waals surface area (Å²) in [6, 6.07) is 17.3. The van der Waals surface area contributed by atoms with Crippen LogP contribution in [0.3, 0.4) is 0 Å². The van der Waals surface area contributed by atoms with Crippen LogP contribution in [0.2, 0.25) is 5.15 Å². The topological polar surface area (TPSA) is 56.7 Å². The van der Waals surface area contributed by atoms with Gasteiger partial charge in [-0.15, -0.1) is 0 Å². The van der Waals surface area contributed by atoms with Gasteiger partial charge in [0.15, 0.2) is 17.5 Å². The Bertz CT molecular complexity index is 1530. The van der Waals surface area contributed by atoms with Crippen LogP contribution in [0.5, 0.6) is 0 Å². The van der Waals surface area contributed by atoms with Crippen molar-refractivity contribution < 1.29 is 27.6 Å². The highest BCUT2D eigenvalue weighted by molar-refractivity contribution is 6.29. The van der Waals surface area contributed by atoms with E-state index in [1.807, 2.05) is 24.3 Å². The third-order valence-electron chi connectivity index (χ3n) is 7.11. The molecule has 1 N–H and O–H groups in total. The number of halogens is 5. The number of rotatable bonds is 6. The van der Waals surface area contributed by atoms with Gasteiger partial charge in [0.1, 0.15) is 11.0 Å². The summed E-state index contributed by atoms with van der Waals surface area (Å²) in [7, 11) is 0. The molecule has 5 rings (SSSR count). The Hall–Kier alpha value is -3.79. The molecule has 1 aromatic heterocycles. The molecule has 0 spiro atoms. The monoisotopic (exact) mass is 569 g/mol. The fraction of sp³-hybridized carbons (Fsp3) is 0.200. The quantitative estimate of drug-likeness (QED) is 0.0866. The van der Waals surface area contributed by atoms with E-state index in [2.05, 4.69) is 9.88 Å². The Kier molecular flexibility index (Phi) is 8.16. The maximum absolute atomic E-state index is 15.1. The van der Waals surface area contributed by atoms with Gasteiger partial charge < -0.3 is 0 Å². The van der Waals surface area contributed by atoms with Gasteiger partial charge in [-0.1, -0.05) is 48.0 Å². The van der Waals surface area contributed by atoms with E-state index in [0.717, 1.165) is 16.7 Å². The van der Waals surface area contributed by atoms with Crippen molar-refractivity contribution in [3.05, 3.63) is 118 Å². The summed E-state index contributed by atoms with van der Waals surface area (Å²) in [5.41, 5.74) is 2.15. The van der Waals surface area contributed by atoms with Crippen molar-refractivity contribution in [3.63, 3.8) is 0 Å². The van der Waals surface area contributed by atoms with Crippen LogP contribution >= 0.6 is 11.6 Å². The first-order valence-corrected chi connectivity index (χ1v) is 13.0. The molecule has 0 atom stereocenters. The number of likely N-dealkylation sites (tertiary alicyclic amines) is 1. The molecule has 1 amide bonds. The molecule has 0 aliphatic carbocycles. The van der Waals surface area contributed by atoms with Gasteiger partial charge in [0, 0.05) is 29.9 Å². The largest absolute Gasteiger partial charge is 0.299 e. The van der Waals surface area contributed by atoms with Crippen molar-refractivity contribution in [2.75, 3.05) is 18.2 Å². The van der Waals surface area contributed by atoms with Crippen LogP contribution in [0.25, 0.3) is 11.1 Å². The van der Waals surface area contributed by atoms with E-state index < -0.39 is 35.0 Å². The van der Waals surface area contributed by atoms with Gasteiger partial charge in [0.05, 0.1) is 5.69 Å². The highest BCUT2D eigenvalue weighted by atomic mass is 35.5. The number of carbonyl (C=O) groups is 1. The summed E-state index contributed by atoms with van der Waals surface area (Å²) in [4.78, 5) is 18.8. The second-order valence-corrected chi connectivity index (χ2v) is 10.0. The minimum Gasteiger partial charge on any atom is -0.299 e. The van der Waals surface area contributed by atoms with E-state index in [-0.39, 0.29) is 27.2 Å². The van der Waals surface area contributed by atoms with Gasteiger partial charge in [-0.25, -0.2) is 22.5 Å². The van der Waals surface area contributed by atoms with Crippen LogP contribution in [-0.2, 0) is 6.54 Å². The number of hydroxylamine groups is 1. The molecule has 40 heavy (non-hydrogen) atoms. The third kappa shape index (κ3) is 5.86. The molecule has 1 fully saturated rings. The number of piperidine rings is 1. The lowest BCUT2D eigenvalue weighted by Gasteiger charge is -2.34. The van der Waals surface area contributed by atoms with Gasteiger partial charge in [0.2, 0.25) is 0 Å². The summed E-state index contributed by atoms with van der Waals surface area (Å²) in [6.07, 6.45) is 2.04. The Morgan fingerprint density at radius 2 is 1.55 bits per heavy atom. The number of benzene rings is 3. The molecule has 2 heterocycles. The van der Waals surface area contributed by atoms with Crippen LogP contribution in [0.4, 0.5) is 23.2 Å². The normalized spacial score (nSPS) is 14.3. The van der Waals surface area contributed by atoms with Crippen LogP contribution in [0.1, 0.15) is 40.2 Å². The van der Waals surface area contributed by atoms with Crippen LogP contribution < -0.4 is 5.06 Å². The number of aromatic nitrogens is 1. The molecule has 206 valence electrons. The van der Waals surface area contributed by atoms with Gasteiger partial charge in [-0.05, 0) is 72.8 Å². The molecule has 4 aromatic rings. The fourth-order valence-electron chi connectivity index (χ4n) is 5.01. The fourth-order valence-corrected chi connectivity index (χ4v) is 5.18. The lowest BCUT2D eigenvalue weighted by Crippen LogP contribution is -2.34. The van der Waals surface area contributed by atoms with E-state index in [1.54, 1.807) is 12.1 Å². The number of amides is 1. The molecule has 1 aliphatic heterocycles. The van der Waals surface area contributed by atoms with E-state index in [0.29, 0.717) is 38.5 Å². The summed E-state index contributed by atoms with van der Waals surface area (Å²) < 4.78 is 56.8. The molecule has 10 heteroatoms. The minimum absolute atomic E-state index is 0.00610. The summed E-state index contributed by atoms with van der Waals surface area (Å²) >= 11 is 5.83. The molecule has 0 saturated carbocycles. The van der Waals surface area contributed by atoms with Crippen molar-refractivity contribution in [2.45, 2.75) is 25.3 Å². The Balaban J connectivity index is 1.30. The maximum atomic E-state index is 15.1. The van der Waals surface area contributed by atoms with E-state index in [4.69, 9.17) is 11.6 Å². The zero-order valence-corrected chi connectivity index (χ0v) is 21.9. The lowest BCUT2D eigenvalue weighted by molar-refractivity contribution is 0.0852. The van der Waals surface area contributed by atoms with Crippen molar-refractivity contribution >= 4 is 23.2 Å². The number of carbonyl (C=O) groups excluding carboxylic acids is 1. The predicted octanol–water partition coefficient (Wildman–Crippen LogP) is 7.37. The molecular formula is C30H24ClF4N3O2. The standard InChI is InChI=1S/C30H24ClF4N3O2/c31-26-15-22(9-12-36-26)30(39)38(40)25-16-24(33)28(34)29(35)27(25)21-10-13-37(14-11-21)17-18-1-3-19(4-2-18)20-5-7-23(32)8-6-20/h1-9,12,15-16,21,40H,10-11,13-14,17H2. The summed E-state index contributed by atoms with van der Waals surface area (Å²) in [5.74, 6) is -6.45. The molecule has 0 radical (unpaired) electrons. The number of hydrogen-bond donors (Lipinski definition) is 1. The lowest BCUT2D eigenvalue weighted by atomic mass is 9.87. The second kappa shape index (κ2) is 11.8. The molecule has 3 aromatic carbocycles. The Morgan fingerprint density at radius 1 is 0.925 bits per heavy atom. The predicted molar refractivity (Wildman–Crippen MR) is 143 cm³/mol. The SMILES string of the molecule is O=C(c1ccnc(Cl)c1)N(O)c1cc(F)c(F)c(F)c1C1CCN(Cc2ccc(-c3ccc(F)cc3)cc2)CC1. The number of nitrogens with zero attached hydrogens (tertiary/aromatic N) is 3. The molecule has 5 nitrogen and oxygen atoms in total.